The van der Waals surface area contributed by atoms with E-state index in [1.807, 2.05) is 0 Å². The van der Waals surface area contributed by atoms with E-state index in [1.54, 1.807) is 36.4 Å². The van der Waals surface area contributed by atoms with Gasteiger partial charge in [-0.15, -0.1) is 0 Å². The number of carbonyl (C=O) groups excluding carboxylic acids is 4. The lowest BCUT2D eigenvalue weighted by molar-refractivity contribution is -0.0500. The first-order valence-electron chi connectivity index (χ1n) is 14.5. The standard InChI is InChI=1S/C12H12O3.C11H9F3O4S.C10H10O2/c1-15-12(14)9-5-6-10-8(7-9)3-2-4-11(10)13;12-11(13,14)19(16,17)18-8-4-5-9-7(6-8)2-1-3-10(9)15;11-8-4-5-9-7(6-8)2-1-3-10(9)12/h5-7H,2-4H2,1H3;4-6H,1-3H2;4-6,11H,1-3H2. The van der Waals surface area contributed by atoms with Crippen LogP contribution in [0.3, 0.4) is 0 Å². The van der Waals surface area contributed by atoms with Gasteiger partial charge < -0.3 is 14.0 Å². The van der Waals surface area contributed by atoms with E-state index in [4.69, 9.17) is 5.11 Å². The van der Waals surface area contributed by atoms with Crippen molar-refractivity contribution in [2.45, 2.75) is 63.3 Å². The quantitative estimate of drug-likeness (QED) is 0.194. The van der Waals surface area contributed by atoms with Crippen LogP contribution in [0.25, 0.3) is 0 Å². The molecule has 6 rings (SSSR count). The first-order valence-corrected chi connectivity index (χ1v) is 15.9. The van der Waals surface area contributed by atoms with Crippen molar-refractivity contribution in [3.8, 4) is 11.5 Å². The van der Waals surface area contributed by atoms with Crippen LogP contribution in [0.4, 0.5) is 13.2 Å². The fourth-order valence-corrected chi connectivity index (χ4v) is 5.82. The molecule has 0 bridgehead atoms. The van der Waals surface area contributed by atoms with Crippen LogP contribution in [-0.2, 0) is 34.1 Å². The summed E-state index contributed by atoms with van der Waals surface area (Å²) in [5.41, 5.74) is -0.535. The Morgan fingerprint density at radius 3 is 1.65 bits per heavy atom. The van der Waals surface area contributed by atoms with E-state index in [1.165, 1.54) is 13.2 Å². The molecule has 13 heteroatoms. The van der Waals surface area contributed by atoms with Crippen LogP contribution >= 0.6 is 0 Å². The van der Waals surface area contributed by atoms with Gasteiger partial charge in [0.1, 0.15) is 11.5 Å². The second kappa shape index (κ2) is 14.3. The summed E-state index contributed by atoms with van der Waals surface area (Å²) in [6.45, 7) is 0. The molecule has 0 atom stereocenters. The minimum absolute atomic E-state index is 0.105. The van der Waals surface area contributed by atoms with Crippen LogP contribution in [0.15, 0.2) is 54.6 Å². The van der Waals surface area contributed by atoms with Gasteiger partial charge in [0.15, 0.2) is 17.3 Å². The van der Waals surface area contributed by atoms with Crippen molar-refractivity contribution in [1.29, 1.82) is 0 Å². The van der Waals surface area contributed by atoms with Crippen LogP contribution in [0.1, 0.15) is 96.6 Å². The Morgan fingerprint density at radius 2 is 1.15 bits per heavy atom. The molecule has 1 N–H and O–H groups in total. The summed E-state index contributed by atoms with van der Waals surface area (Å²) in [4.78, 5) is 45.6. The average Bonchev–Trinajstić information content (AvgIpc) is 3.00. The molecule has 3 aromatic rings. The molecule has 0 aliphatic heterocycles. The van der Waals surface area contributed by atoms with Gasteiger partial charge >= 0.3 is 21.6 Å². The number of hydrogen-bond acceptors (Lipinski definition) is 9. The third kappa shape index (κ3) is 8.19. The fraction of sp³-hybridized carbons (Fsp3) is 0.333. The molecule has 0 aromatic heterocycles. The lowest BCUT2D eigenvalue weighted by atomic mass is 9.89. The number of esters is 1. The Kier molecular flexibility index (Phi) is 10.7. The molecule has 3 aliphatic carbocycles. The number of ether oxygens (including phenoxy) is 1. The lowest BCUT2D eigenvalue weighted by Gasteiger charge is -2.16. The number of halogens is 3. The van der Waals surface area contributed by atoms with Gasteiger partial charge in [-0.2, -0.15) is 21.6 Å². The molecule has 0 fully saturated rings. The first-order chi connectivity index (χ1) is 21.7. The predicted molar refractivity (Wildman–Crippen MR) is 160 cm³/mol. The number of phenols is 1. The fourth-order valence-electron chi connectivity index (χ4n) is 5.37. The number of fused-ring (bicyclic) bond motifs is 3. The molecule has 0 saturated heterocycles. The molecular formula is C33H31F3O9S. The minimum Gasteiger partial charge on any atom is -0.508 e. The summed E-state index contributed by atoms with van der Waals surface area (Å²) in [5.74, 6) is -0.263. The topological polar surface area (TPSA) is 141 Å². The number of aromatic hydroxyl groups is 1. The zero-order chi connectivity index (χ0) is 33.6. The summed E-state index contributed by atoms with van der Waals surface area (Å²) in [7, 11) is -4.32. The molecule has 0 saturated carbocycles. The predicted octanol–water partition coefficient (Wildman–Crippen LogP) is 6.34. The Morgan fingerprint density at radius 1 is 0.696 bits per heavy atom. The molecule has 0 radical (unpaired) electrons. The molecule has 46 heavy (non-hydrogen) atoms. The average molecular weight is 661 g/mol. The Labute approximate surface area is 263 Å². The molecule has 0 spiro atoms. The van der Waals surface area contributed by atoms with Crippen LogP contribution < -0.4 is 4.18 Å². The van der Waals surface area contributed by atoms with Crippen LogP contribution in [0.2, 0.25) is 0 Å². The van der Waals surface area contributed by atoms with Gasteiger partial charge in [-0.25, -0.2) is 4.79 Å². The van der Waals surface area contributed by atoms with Gasteiger partial charge in [0, 0.05) is 36.0 Å². The number of alkyl halides is 3. The summed E-state index contributed by atoms with van der Waals surface area (Å²) < 4.78 is 66.8. The van der Waals surface area contributed by atoms with E-state index in [9.17, 15) is 40.8 Å². The van der Waals surface area contributed by atoms with Gasteiger partial charge in [-0.1, -0.05) is 6.07 Å². The molecule has 0 amide bonds. The number of phenolic OH excluding ortho intramolecular Hbond substituents is 1. The number of ketones is 3. The highest BCUT2D eigenvalue weighted by Crippen LogP contribution is 2.30. The number of hydrogen-bond donors (Lipinski definition) is 1. The summed E-state index contributed by atoms with van der Waals surface area (Å²) in [6, 6.07) is 13.6. The number of benzene rings is 3. The zero-order valence-electron chi connectivity index (χ0n) is 24.8. The highest BCUT2D eigenvalue weighted by Gasteiger charge is 2.48. The van der Waals surface area contributed by atoms with Gasteiger partial charge in [0.25, 0.3) is 0 Å². The van der Waals surface area contributed by atoms with Crippen LogP contribution in [0, 0.1) is 0 Å². The zero-order valence-corrected chi connectivity index (χ0v) is 25.6. The number of rotatable bonds is 3. The Balaban J connectivity index is 0.000000161. The van der Waals surface area contributed by atoms with Crippen molar-refractivity contribution in [3.63, 3.8) is 0 Å². The van der Waals surface area contributed by atoms with Gasteiger partial charge in [-0.05, 0) is 104 Å². The third-order valence-corrected chi connectivity index (χ3v) is 8.61. The van der Waals surface area contributed by atoms with Crippen LogP contribution in [-0.4, -0.2) is 49.5 Å². The molecule has 244 valence electrons. The van der Waals surface area contributed by atoms with Crippen molar-refractivity contribution in [2.75, 3.05) is 7.11 Å². The highest BCUT2D eigenvalue weighted by molar-refractivity contribution is 7.88. The van der Waals surface area contributed by atoms with Gasteiger partial charge in [0.05, 0.1) is 12.7 Å². The van der Waals surface area contributed by atoms with Crippen molar-refractivity contribution >= 4 is 33.4 Å². The monoisotopic (exact) mass is 660 g/mol. The van der Waals surface area contributed by atoms with E-state index < -0.39 is 21.4 Å². The largest absolute Gasteiger partial charge is 0.534 e. The van der Waals surface area contributed by atoms with E-state index in [2.05, 4.69) is 8.92 Å². The molecule has 0 heterocycles. The lowest BCUT2D eigenvalue weighted by Crippen LogP contribution is -2.28. The molecule has 3 aromatic carbocycles. The molecular weight excluding hydrogens is 629 g/mol. The second-order valence-electron chi connectivity index (χ2n) is 10.8. The summed E-state index contributed by atoms with van der Waals surface area (Å²) in [5, 5.41) is 9.16. The van der Waals surface area contributed by atoms with Crippen molar-refractivity contribution in [3.05, 3.63) is 93.5 Å². The van der Waals surface area contributed by atoms with E-state index in [0.29, 0.717) is 48.8 Å². The smallest absolute Gasteiger partial charge is 0.508 e. The summed E-state index contributed by atoms with van der Waals surface area (Å²) in [6.07, 6.45) is 6.30. The summed E-state index contributed by atoms with van der Waals surface area (Å²) >= 11 is 0. The number of methoxy groups -OCH3 is 1. The van der Waals surface area contributed by atoms with Crippen molar-refractivity contribution < 1.29 is 54.8 Å². The number of Topliss-reactive ketones (excluding diaryl/α,β-unsaturated/α-hetero) is 3. The number of carbonyl (C=O) groups is 4. The van der Waals surface area contributed by atoms with Crippen molar-refractivity contribution in [2.24, 2.45) is 0 Å². The molecule has 3 aliphatic rings. The van der Waals surface area contributed by atoms with E-state index >= 15 is 0 Å². The van der Waals surface area contributed by atoms with Crippen LogP contribution in [0.5, 0.6) is 11.5 Å². The maximum atomic E-state index is 12.2. The number of aryl methyl sites for hydroxylation is 3. The van der Waals surface area contributed by atoms with Crippen molar-refractivity contribution in [1.82, 2.24) is 0 Å². The first kappa shape index (κ1) is 34.4. The van der Waals surface area contributed by atoms with Gasteiger partial charge in [0.2, 0.25) is 0 Å². The Hall–Kier alpha value is -4.52. The van der Waals surface area contributed by atoms with Gasteiger partial charge in [-0.3, -0.25) is 14.4 Å². The van der Waals surface area contributed by atoms with E-state index in [-0.39, 0.29) is 29.1 Å². The SMILES string of the molecule is COC(=O)c1ccc2c(c1)CCCC2=O.O=C1CCCc2cc(O)ccc21.O=C1CCCc2cc(OS(=O)(=O)C(F)(F)F)ccc21. The Bertz CT molecular complexity index is 1780. The minimum atomic E-state index is -5.68. The molecule has 0 unspecified atom stereocenters. The second-order valence-corrected chi connectivity index (χ2v) is 12.4. The maximum absolute atomic E-state index is 12.2. The maximum Gasteiger partial charge on any atom is 0.534 e. The van der Waals surface area contributed by atoms with E-state index in [0.717, 1.165) is 60.1 Å². The highest BCUT2D eigenvalue weighted by atomic mass is 32.2. The normalized spacial score (nSPS) is 15.5. The third-order valence-electron chi connectivity index (χ3n) is 7.63. The molecule has 9 nitrogen and oxygen atoms in total.